The molecule has 0 spiro atoms. The molecule has 0 N–H and O–H groups in total. The summed E-state index contributed by atoms with van der Waals surface area (Å²) in [6, 6.07) is 9.03. The molecule has 0 aliphatic carbocycles. The van der Waals surface area contributed by atoms with E-state index < -0.39 is 0 Å². The Hall–Kier alpha value is -0.660. The van der Waals surface area contributed by atoms with Crippen molar-refractivity contribution in [1.29, 1.82) is 0 Å². The first-order valence-corrected chi connectivity index (χ1v) is 7.77. The first kappa shape index (κ1) is 14.7. The maximum Gasteiger partial charge on any atom is 0.338 e. The van der Waals surface area contributed by atoms with Gasteiger partial charge in [0.25, 0.3) is 0 Å². The molecule has 1 aliphatic rings. The van der Waals surface area contributed by atoms with E-state index in [1.165, 1.54) is 0 Å². The summed E-state index contributed by atoms with van der Waals surface area (Å²) in [4.78, 5) is 12.0. The number of esters is 1. The Kier molecular flexibility index (Phi) is 5.59. The summed E-state index contributed by atoms with van der Waals surface area (Å²) < 4.78 is 17.2. The molecule has 1 saturated heterocycles. The third kappa shape index (κ3) is 3.90. The lowest BCUT2D eigenvalue weighted by atomic mass is 10.1. The van der Waals surface area contributed by atoms with Crippen molar-refractivity contribution in [2.24, 2.45) is 0 Å². The summed E-state index contributed by atoms with van der Waals surface area (Å²) in [6.07, 6.45) is 1.02. The van der Waals surface area contributed by atoms with E-state index in [1.807, 2.05) is 18.2 Å². The highest BCUT2D eigenvalue weighted by Gasteiger charge is 2.33. The van der Waals surface area contributed by atoms with Crippen LogP contribution in [0.25, 0.3) is 0 Å². The van der Waals surface area contributed by atoms with Crippen molar-refractivity contribution in [2.45, 2.75) is 31.3 Å². The minimum Gasteiger partial charge on any atom is -0.456 e. The summed E-state index contributed by atoms with van der Waals surface area (Å²) in [5.41, 5.74) is 0.573. The van der Waals surface area contributed by atoms with Gasteiger partial charge >= 0.3 is 5.97 Å². The first-order chi connectivity index (χ1) is 9.24. The summed E-state index contributed by atoms with van der Waals surface area (Å²) in [5, 5.41) is 0. The maximum atomic E-state index is 12.0. The Morgan fingerprint density at radius 1 is 1.37 bits per heavy atom. The molecule has 1 aromatic rings. The van der Waals surface area contributed by atoms with Gasteiger partial charge in [0.15, 0.2) is 6.29 Å². The molecular weight excluding hydrogens is 359 g/mol. The lowest BCUT2D eigenvalue weighted by Gasteiger charge is -2.34. The van der Waals surface area contributed by atoms with Crippen LogP contribution in [0, 0.1) is 0 Å². The third-order valence-electron chi connectivity index (χ3n) is 3.11. The average Bonchev–Trinajstić information content (AvgIpc) is 2.48. The van der Waals surface area contributed by atoms with E-state index in [1.54, 1.807) is 19.2 Å². The molecule has 1 fully saturated rings. The zero-order valence-electron chi connectivity index (χ0n) is 10.8. The topological polar surface area (TPSA) is 44.8 Å². The summed E-state index contributed by atoms with van der Waals surface area (Å²) in [5.74, 6) is -0.292. The molecule has 0 aromatic heterocycles. The molecule has 0 radical (unpaired) electrons. The number of methoxy groups -OCH3 is 1. The fourth-order valence-corrected chi connectivity index (χ4v) is 2.84. The van der Waals surface area contributed by atoms with Crippen molar-refractivity contribution in [2.75, 3.05) is 11.5 Å². The van der Waals surface area contributed by atoms with Crippen molar-refractivity contribution in [3.63, 3.8) is 0 Å². The Balaban J connectivity index is 1.96. The summed E-state index contributed by atoms with van der Waals surface area (Å²) in [7, 11) is 1.63. The smallest absolute Gasteiger partial charge is 0.338 e. The number of alkyl halides is 1. The highest BCUT2D eigenvalue weighted by Crippen LogP contribution is 2.24. The maximum absolute atomic E-state index is 12.0. The third-order valence-corrected chi connectivity index (χ3v) is 3.98. The van der Waals surface area contributed by atoms with Crippen LogP contribution in [0.3, 0.4) is 0 Å². The molecular formula is C14H17IO4. The van der Waals surface area contributed by atoms with Crippen LogP contribution >= 0.6 is 22.6 Å². The standard InChI is InChI=1S/C14H17IO4/c1-17-13-8-7-11(12(9-15)18-13)19-14(16)10-5-3-2-4-6-10/h2-6,11-13H,7-9H2,1H3. The van der Waals surface area contributed by atoms with Gasteiger partial charge in [-0.05, 0) is 18.6 Å². The van der Waals surface area contributed by atoms with Crippen molar-refractivity contribution in [3.05, 3.63) is 35.9 Å². The van der Waals surface area contributed by atoms with E-state index in [4.69, 9.17) is 14.2 Å². The SMILES string of the molecule is COC1CCC(OC(=O)c2ccccc2)C(CI)O1. The number of carbonyl (C=O) groups is 1. The molecule has 5 heteroatoms. The molecule has 0 amide bonds. The molecule has 1 aromatic carbocycles. The first-order valence-electron chi connectivity index (χ1n) is 6.25. The molecule has 3 unspecified atom stereocenters. The zero-order valence-corrected chi connectivity index (χ0v) is 12.9. The molecule has 4 nitrogen and oxygen atoms in total. The van der Waals surface area contributed by atoms with Crippen molar-refractivity contribution >= 4 is 28.6 Å². The molecule has 0 bridgehead atoms. The van der Waals surface area contributed by atoms with E-state index >= 15 is 0 Å². The number of rotatable bonds is 4. The van der Waals surface area contributed by atoms with E-state index in [0.29, 0.717) is 5.56 Å². The second-order valence-electron chi connectivity index (χ2n) is 4.38. The minimum absolute atomic E-state index is 0.105. The van der Waals surface area contributed by atoms with E-state index in [2.05, 4.69) is 22.6 Å². The minimum atomic E-state index is -0.292. The predicted molar refractivity (Wildman–Crippen MR) is 79.4 cm³/mol. The van der Waals surface area contributed by atoms with Gasteiger partial charge < -0.3 is 14.2 Å². The average molecular weight is 376 g/mol. The molecule has 19 heavy (non-hydrogen) atoms. The molecule has 0 saturated carbocycles. The van der Waals surface area contributed by atoms with Gasteiger partial charge in [0.1, 0.15) is 12.2 Å². The second kappa shape index (κ2) is 7.21. The number of ether oxygens (including phenoxy) is 3. The van der Waals surface area contributed by atoms with Crippen LogP contribution in [0.2, 0.25) is 0 Å². The summed E-state index contributed by atoms with van der Waals surface area (Å²) >= 11 is 2.24. The van der Waals surface area contributed by atoms with E-state index in [9.17, 15) is 4.79 Å². The normalized spacial score (nSPS) is 26.9. The van der Waals surface area contributed by atoms with Crippen LogP contribution in [0.4, 0.5) is 0 Å². The van der Waals surface area contributed by atoms with Crippen LogP contribution in [0.15, 0.2) is 30.3 Å². The van der Waals surface area contributed by atoms with Gasteiger partial charge in [0.05, 0.1) is 5.56 Å². The van der Waals surface area contributed by atoms with Crippen LogP contribution in [0.5, 0.6) is 0 Å². The molecule has 3 atom stereocenters. The number of benzene rings is 1. The lowest BCUT2D eigenvalue weighted by Crippen LogP contribution is -2.43. The van der Waals surface area contributed by atoms with Gasteiger partial charge in [-0.1, -0.05) is 40.8 Å². The van der Waals surface area contributed by atoms with Gasteiger partial charge in [-0.2, -0.15) is 0 Å². The van der Waals surface area contributed by atoms with Crippen LogP contribution < -0.4 is 0 Å². The van der Waals surface area contributed by atoms with E-state index in [-0.39, 0.29) is 24.5 Å². The summed E-state index contributed by atoms with van der Waals surface area (Å²) in [6.45, 7) is 0. The van der Waals surface area contributed by atoms with Crippen LogP contribution in [0.1, 0.15) is 23.2 Å². The lowest BCUT2D eigenvalue weighted by molar-refractivity contribution is -0.204. The van der Waals surface area contributed by atoms with E-state index in [0.717, 1.165) is 17.3 Å². The van der Waals surface area contributed by atoms with Gasteiger partial charge in [0, 0.05) is 18.0 Å². The van der Waals surface area contributed by atoms with Crippen molar-refractivity contribution in [3.8, 4) is 0 Å². The molecule has 1 aliphatic heterocycles. The molecule has 1 heterocycles. The number of halogens is 1. The molecule has 2 rings (SSSR count). The molecule has 104 valence electrons. The van der Waals surface area contributed by atoms with Crippen molar-refractivity contribution < 1.29 is 19.0 Å². The van der Waals surface area contributed by atoms with Crippen LogP contribution in [-0.2, 0) is 14.2 Å². The zero-order chi connectivity index (χ0) is 13.7. The highest BCUT2D eigenvalue weighted by atomic mass is 127. The predicted octanol–water partition coefficient (Wildman–Crippen LogP) is 2.80. The van der Waals surface area contributed by atoms with Crippen molar-refractivity contribution in [1.82, 2.24) is 0 Å². The number of carbonyl (C=O) groups excluding carboxylic acids is 1. The van der Waals surface area contributed by atoms with Gasteiger partial charge in [-0.3, -0.25) is 0 Å². The quantitative estimate of drug-likeness (QED) is 0.461. The monoisotopic (exact) mass is 376 g/mol. The fraction of sp³-hybridized carbons (Fsp3) is 0.500. The van der Waals surface area contributed by atoms with Crippen LogP contribution in [-0.4, -0.2) is 36.0 Å². The number of hydrogen-bond donors (Lipinski definition) is 0. The highest BCUT2D eigenvalue weighted by molar-refractivity contribution is 14.1. The van der Waals surface area contributed by atoms with Gasteiger partial charge in [-0.15, -0.1) is 0 Å². The van der Waals surface area contributed by atoms with Gasteiger partial charge in [0.2, 0.25) is 0 Å². The second-order valence-corrected chi connectivity index (χ2v) is 5.26. The Morgan fingerprint density at radius 2 is 2.11 bits per heavy atom. The largest absolute Gasteiger partial charge is 0.456 e. The Morgan fingerprint density at radius 3 is 2.74 bits per heavy atom. The number of hydrogen-bond acceptors (Lipinski definition) is 4. The Labute approximate surface area is 126 Å². The fourth-order valence-electron chi connectivity index (χ4n) is 2.06. The Bertz CT molecular complexity index is 409. The van der Waals surface area contributed by atoms with Gasteiger partial charge in [-0.25, -0.2) is 4.79 Å².